The van der Waals surface area contributed by atoms with Gasteiger partial charge in [0.2, 0.25) is 0 Å². The minimum Gasteiger partial charge on any atom is -0.398 e. The van der Waals surface area contributed by atoms with E-state index in [1.54, 1.807) is 0 Å². The van der Waals surface area contributed by atoms with Crippen LogP contribution in [0, 0.1) is 0 Å². The van der Waals surface area contributed by atoms with Gasteiger partial charge < -0.3 is 5.73 Å². The molecule has 0 radical (unpaired) electrons. The highest BCUT2D eigenvalue weighted by atomic mass is 35.5. The summed E-state index contributed by atoms with van der Waals surface area (Å²) < 4.78 is 0. The fourth-order valence-corrected chi connectivity index (χ4v) is 2.99. The molecule has 0 heterocycles. The Kier molecular flexibility index (Phi) is 4.90. The molecule has 3 heteroatoms. The first-order valence-electron chi connectivity index (χ1n) is 6.98. The van der Waals surface area contributed by atoms with E-state index < -0.39 is 0 Å². The highest BCUT2D eigenvalue weighted by Gasteiger charge is 2.19. The highest BCUT2D eigenvalue weighted by molar-refractivity contribution is 6.33. The number of nitrogen functional groups attached to an aromatic ring is 1. The van der Waals surface area contributed by atoms with E-state index in [1.807, 2.05) is 12.1 Å². The Balaban J connectivity index is 2.02. The Hall–Kier alpha value is -0.730. The molecule has 1 saturated carbocycles. The summed E-state index contributed by atoms with van der Waals surface area (Å²) in [7, 11) is 0. The zero-order valence-electron chi connectivity index (χ0n) is 11.2. The molecule has 1 fully saturated rings. The number of halogens is 1. The summed E-state index contributed by atoms with van der Waals surface area (Å²) in [5, 5.41) is 0.652. The maximum atomic E-state index is 5.96. The van der Waals surface area contributed by atoms with E-state index >= 15 is 0 Å². The molecule has 1 aromatic carbocycles. The minimum atomic E-state index is 0.652. The molecule has 2 nitrogen and oxygen atoms in total. The molecular weight excluding hydrogens is 244 g/mol. The average molecular weight is 267 g/mol. The van der Waals surface area contributed by atoms with Crippen LogP contribution >= 0.6 is 11.6 Å². The zero-order chi connectivity index (χ0) is 13.0. The third-order valence-electron chi connectivity index (χ3n) is 3.94. The van der Waals surface area contributed by atoms with Crippen molar-refractivity contribution >= 4 is 17.3 Å². The molecule has 0 amide bonds. The van der Waals surface area contributed by atoms with Crippen molar-refractivity contribution in [2.45, 2.75) is 51.6 Å². The molecule has 0 aliphatic heterocycles. The van der Waals surface area contributed by atoms with Crippen LogP contribution in [0.25, 0.3) is 0 Å². The van der Waals surface area contributed by atoms with Gasteiger partial charge in [0.1, 0.15) is 0 Å². The first-order chi connectivity index (χ1) is 8.70. The van der Waals surface area contributed by atoms with Gasteiger partial charge in [-0.2, -0.15) is 0 Å². The van der Waals surface area contributed by atoms with Gasteiger partial charge in [0.05, 0.1) is 10.7 Å². The van der Waals surface area contributed by atoms with Crippen LogP contribution < -0.4 is 5.73 Å². The molecule has 100 valence electrons. The standard InChI is InChI=1S/C15H23ClN2/c1-2-18(13-6-4-3-5-7-13)11-12-8-9-14(16)15(17)10-12/h8-10,13H,2-7,11,17H2,1H3. The zero-order valence-corrected chi connectivity index (χ0v) is 11.9. The highest BCUT2D eigenvalue weighted by Crippen LogP contribution is 2.25. The first-order valence-corrected chi connectivity index (χ1v) is 7.36. The largest absolute Gasteiger partial charge is 0.398 e. The van der Waals surface area contributed by atoms with Gasteiger partial charge in [0, 0.05) is 12.6 Å². The van der Waals surface area contributed by atoms with Crippen LogP contribution in [0.15, 0.2) is 18.2 Å². The summed E-state index contributed by atoms with van der Waals surface area (Å²) >= 11 is 5.96. The lowest BCUT2D eigenvalue weighted by Crippen LogP contribution is -2.36. The van der Waals surface area contributed by atoms with Crippen LogP contribution in [0.1, 0.15) is 44.6 Å². The second-order valence-corrected chi connectivity index (χ2v) is 5.62. The van der Waals surface area contributed by atoms with Crippen molar-refractivity contribution in [1.82, 2.24) is 4.90 Å². The number of anilines is 1. The second kappa shape index (κ2) is 6.44. The maximum absolute atomic E-state index is 5.96. The van der Waals surface area contributed by atoms with Crippen molar-refractivity contribution in [3.05, 3.63) is 28.8 Å². The van der Waals surface area contributed by atoms with Gasteiger partial charge in [0.25, 0.3) is 0 Å². The molecule has 0 atom stereocenters. The van der Waals surface area contributed by atoms with E-state index in [4.69, 9.17) is 17.3 Å². The second-order valence-electron chi connectivity index (χ2n) is 5.21. The van der Waals surface area contributed by atoms with Crippen LogP contribution in [0.2, 0.25) is 5.02 Å². The Labute approximate surface area is 115 Å². The summed E-state index contributed by atoms with van der Waals surface area (Å²) in [5.41, 5.74) is 7.82. The van der Waals surface area contributed by atoms with E-state index in [0.717, 1.165) is 19.1 Å². The topological polar surface area (TPSA) is 29.3 Å². The van der Waals surface area contributed by atoms with Gasteiger partial charge in [-0.1, -0.05) is 43.9 Å². The molecule has 1 aromatic rings. The predicted octanol–water partition coefficient (Wildman–Crippen LogP) is 4.08. The predicted molar refractivity (Wildman–Crippen MR) is 78.8 cm³/mol. The molecule has 2 N–H and O–H groups in total. The van der Waals surface area contributed by atoms with Crippen LogP contribution in [-0.2, 0) is 6.54 Å². The lowest BCUT2D eigenvalue weighted by molar-refractivity contribution is 0.156. The van der Waals surface area contributed by atoms with Crippen molar-refractivity contribution < 1.29 is 0 Å². The van der Waals surface area contributed by atoms with Gasteiger partial charge in [-0.25, -0.2) is 0 Å². The van der Waals surface area contributed by atoms with Crippen molar-refractivity contribution in [2.24, 2.45) is 0 Å². The molecule has 2 rings (SSSR count). The van der Waals surface area contributed by atoms with Gasteiger partial charge in [-0.3, -0.25) is 4.90 Å². The number of benzene rings is 1. The van der Waals surface area contributed by atoms with Crippen molar-refractivity contribution in [3.63, 3.8) is 0 Å². The molecule has 1 aliphatic rings. The van der Waals surface area contributed by atoms with Crippen molar-refractivity contribution in [2.75, 3.05) is 12.3 Å². The van der Waals surface area contributed by atoms with E-state index in [-0.39, 0.29) is 0 Å². The van der Waals surface area contributed by atoms with E-state index in [0.29, 0.717) is 10.7 Å². The molecule has 0 spiro atoms. The van der Waals surface area contributed by atoms with Gasteiger partial charge >= 0.3 is 0 Å². The van der Waals surface area contributed by atoms with Gasteiger partial charge in [0.15, 0.2) is 0 Å². The molecule has 1 aliphatic carbocycles. The Morgan fingerprint density at radius 1 is 1.28 bits per heavy atom. The molecule has 0 unspecified atom stereocenters. The van der Waals surface area contributed by atoms with Crippen molar-refractivity contribution in [1.29, 1.82) is 0 Å². The maximum Gasteiger partial charge on any atom is 0.0635 e. The summed E-state index contributed by atoms with van der Waals surface area (Å²) in [4.78, 5) is 2.57. The third kappa shape index (κ3) is 3.39. The number of hydrogen-bond acceptors (Lipinski definition) is 2. The summed E-state index contributed by atoms with van der Waals surface area (Å²) in [5.74, 6) is 0. The van der Waals surface area contributed by atoms with Crippen LogP contribution in [0.5, 0.6) is 0 Å². The molecule has 0 bridgehead atoms. The van der Waals surface area contributed by atoms with Crippen molar-refractivity contribution in [3.8, 4) is 0 Å². The smallest absolute Gasteiger partial charge is 0.0635 e. The Bertz CT molecular complexity index is 386. The first kappa shape index (κ1) is 13.7. The SMILES string of the molecule is CCN(Cc1ccc(Cl)c(N)c1)C1CCCCC1. The molecule has 0 saturated heterocycles. The van der Waals surface area contributed by atoms with E-state index in [1.165, 1.54) is 37.7 Å². The van der Waals surface area contributed by atoms with Crippen LogP contribution in [0.3, 0.4) is 0 Å². The molecular formula is C15H23ClN2. The van der Waals surface area contributed by atoms with Crippen LogP contribution in [-0.4, -0.2) is 17.5 Å². The Morgan fingerprint density at radius 2 is 2.00 bits per heavy atom. The normalized spacial score (nSPS) is 17.3. The lowest BCUT2D eigenvalue weighted by Gasteiger charge is -2.33. The number of rotatable bonds is 4. The third-order valence-corrected chi connectivity index (χ3v) is 4.29. The van der Waals surface area contributed by atoms with E-state index in [2.05, 4.69) is 17.9 Å². The number of hydrogen-bond donors (Lipinski definition) is 1. The summed E-state index contributed by atoms with van der Waals surface area (Å²) in [6.45, 7) is 4.34. The fourth-order valence-electron chi connectivity index (χ4n) is 2.87. The van der Waals surface area contributed by atoms with Crippen LogP contribution in [0.4, 0.5) is 5.69 Å². The quantitative estimate of drug-likeness (QED) is 0.832. The molecule has 0 aromatic heterocycles. The van der Waals surface area contributed by atoms with Gasteiger partial charge in [-0.15, -0.1) is 0 Å². The monoisotopic (exact) mass is 266 g/mol. The number of nitrogens with zero attached hydrogens (tertiary/aromatic N) is 1. The molecule has 18 heavy (non-hydrogen) atoms. The van der Waals surface area contributed by atoms with Gasteiger partial charge in [-0.05, 0) is 37.1 Å². The average Bonchev–Trinajstić information content (AvgIpc) is 2.41. The van der Waals surface area contributed by atoms with E-state index in [9.17, 15) is 0 Å². The number of nitrogens with two attached hydrogens (primary N) is 1. The fraction of sp³-hybridized carbons (Fsp3) is 0.600. The minimum absolute atomic E-state index is 0.652. The lowest BCUT2D eigenvalue weighted by atomic mass is 9.94. The summed E-state index contributed by atoms with van der Waals surface area (Å²) in [6.07, 6.45) is 6.85. The summed E-state index contributed by atoms with van der Waals surface area (Å²) in [6, 6.07) is 6.75. The Morgan fingerprint density at radius 3 is 2.61 bits per heavy atom.